The molecular formula is C19H30Cl2FN3O2. The molecule has 0 radical (unpaired) electrons. The molecule has 4 unspecified atom stereocenters. The van der Waals surface area contributed by atoms with E-state index in [2.05, 4.69) is 10.2 Å². The maximum Gasteiger partial charge on any atom is 0.237 e. The van der Waals surface area contributed by atoms with Crippen LogP contribution in [0.15, 0.2) is 18.2 Å². The van der Waals surface area contributed by atoms with Crippen LogP contribution in [-0.2, 0) is 9.53 Å². The third kappa shape index (κ3) is 6.29. The fraction of sp³-hybridized carbons (Fsp3) is 0.632. The van der Waals surface area contributed by atoms with Gasteiger partial charge in [0.1, 0.15) is 5.82 Å². The van der Waals surface area contributed by atoms with E-state index >= 15 is 0 Å². The van der Waals surface area contributed by atoms with Gasteiger partial charge in [0.25, 0.3) is 0 Å². The number of carbonyl (C=O) groups excluding carboxylic acids is 1. The van der Waals surface area contributed by atoms with Crippen molar-refractivity contribution in [3.05, 3.63) is 34.6 Å². The summed E-state index contributed by atoms with van der Waals surface area (Å²) in [5.41, 5.74) is 6.41. The Balaban J connectivity index is 0.00000364. The highest BCUT2D eigenvalue weighted by molar-refractivity contribution is 6.31. The Hall–Kier alpha value is -0.920. The second kappa shape index (κ2) is 11.2. The number of morpholine rings is 1. The summed E-state index contributed by atoms with van der Waals surface area (Å²) in [6.45, 7) is 8.01. The van der Waals surface area contributed by atoms with Crippen molar-refractivity contribution < 1.29 is 13.9 Å². The van der Waals surface area contributed by atoms with Gasteiger partial charge in [-0.3, -0.25) is 9.69 Å². The molecular weight excluding hydrogens is 392 g/mol. The maximum absolute atomic E-state index is 14.5. The minimum Gasteiger partial charge on any atom is -0.376 e. The van der Waals surface area contributed by atoms with Crippen molar-refractivity contribution in [2.75, 3.05) is 26.2 Å². The summed E-state index contributed by atoms with van der Waals surface area (Å²) < 4.78 is 20.1. The minimum atomic E-state index is -0.583. The second-order valence-electron chi connectivity index (χ2n) is 6.98. The largest absolute Gasteiger partial charge is 0.376 e. The van der Waals surface area contributed by atoms with E-state index in [0.717, 1.165) is 6.42 Å². The van der Waals surface area contributed by atoms with Crippen LogP contribution < -0.4 is 11.1 Å². The van der Waals surface area contributed by atoms with Crippen LogP contribution in [0.25, 0.3) is 0 Å². The van der Waals surface area contributed by atoms with E-state index in [4.69, 9.17) is 22.1 Å². The minimum absolute atomic E-state index is 0. The van der Waals surface area contributed by atoms with Crippen LogP contribution in [0.3, 0.4) is 0 Å². The number of rotatable bonds is 7. The molecule has 2 rings (SSSR count). The smallest absolute Gasteiger partial charge is 0.237 e. The van der Waals surface area contributed by atoms with E-state index in [0.29, 0.717) is 30.3 Å². The third-order valence-electron chi connectivity index (χ3n) is 5.08. The highest BCUT2D eigenvalue weighted by Crippen LogP contribution is 2.31. The first-order valence-corrected chi connectivity index (χ1v) is 9.55. The maximum atomic E-state index is 14.5. The molecule has 1 aromatic carbocycles. The van der Waals surface area contributed by atoms with Crippen LogP contribution in [0.1, 0.15) is 38.8 Å². The Labute approximate surface area is 172 Å². The van der Waals surface area contributed by atoms with E-state index in [1.54, 1.807) is 12.1 Å². The number of benzene rings is 1. The topological polar surface area (TPSA) is 67.6 Å². The van der Waals surface area contributed by atoms with Gasteiger partial charge < -0.3 is 15.8 Å². The standard InChI is InChI=1S/C19H29ClFN3O2.ClH/c1-4-12(2)18(22)19(25)23-10-16(24-8-9-26-13(3)11-24)17-14(20)6-5-7-15(17)21;/h5-7,12-13,16,18H,4,8-11,22H2,1-3H3,(H,23,25);1H. The zero-order valence-corrected chi connectivity index (χ0v) is 17.7. The first-order valence-electron chi connectivity index (χ1n) is 9.18. The van der Waals surface area contributed by atoms with E-state index in [-0.39, 0.29) is 48.7 Å². The van der Waals surface area contributed by atoms with Crippen molar-refractivity contribution in [3.8, 4) is 0 Å². The summed E-state index contributed by atoms with van der Waals surface area (Å²) in [5.74, 6) is -0.519. The first-order chi connectivity index (χ1) is 12.3. The van der Waals surface area contributed by atoms with Crippen LogP contribution >= 0.6 is 24.0 Å². The van der Waals surface area contributed by atoms with E-state index in [9.17, 15) is 9.18 Å². The van der Waals surface area contributed by atoms with Crippen LogP contribution in [0.4, 0.5) is 4.39 Å². The average molecular weight is 422 g/mol. The molecule has 1 amide bonds. The number of hydrogen-bond donors (Lipinski definition) is 2. The molecule has 1 fully saturated rings. The summed E-state index contributed by atoms with van der Waals surface area (Å²) in [7, 11) is 0. The number of nitrogens with one attached hydrogen (secondary N) is 1. The van der Waals surface area contributed by atoms with Gasteiger partial charge in [-0.2, -0.15) is 0 Å². The lowest BCUT2D eigenvalue weighted by Gasteiger charge is -2.38. The number of carbonyl (C=O) groups is 1. The molecule has 154 valence electrons. The Morgan fingerprint density at radius 2 is 2.22 bits per heavy atom. The zero-order chi connectivity index (χ0) is 19.3. The van der Waals surface area contributed by atoms with Crippen molar-refractivity contribution in [2.45, 2.75) is 45.4 Å². The first kappa shape index (κ1) is 24.1. The van der Waals surface area contributed by atoms with Crippen molar-refractivity contribution in [2.24, 2.45) is 11.7 Å². The predicted molar refractivity (Wildman–Crippen MR) is 109 cm³/mol. The van der Waals surface area contributed by atoms with Gasteiger partial charge >= 0.3 is 0 Å². The zero-order valence-electron chi connectivity index (χ0n) is 16.1. The molecule has 5 nitrogen and oxygen atoms in total. The van der Waals surface area contributed by atoms with Crippen LogP contribution in [0.2, 0.25) is 5.02 Å². The number of halogens is 3. The molecule has 1 aliphatic rings. The summed E-state index contributed by atoms with van der Waals surface area (Å²) in [6.07, 6.45) is 0.855. The van der Waals surface area contributed by atoms with Crippen LogP contribution in [0, 0.1) is 11.7 Å². The average Bonchev–Trinajstić information content (AvgIpc) is 2.62. The predicted octanol–water partition coefficient (Wildman–Crippen LogP) is 3.15. The Bertz CT molecular complexity index is 600. The van der Waals surface area contributed by atoms with E-state index in [1.165, 1.54) is 6.07 Å². The summed E-state index contributed by atoms with van der Waals surface area (Å²) in [6, 6.07) is 3.69. The van der Waals surface area contributed by atoms with E-state index in [1.807, 2.05) is 20.8 Å². The number of ether oxygens (including phenoxy) is 1. The van der Waals surface area contributed by atoms with Gasteiger partial charge in [0, 0.05) is 30.2 Å². The van der Waals surface area contributed by atoms with Gasteiger partial charge in [0.2, 0.25) is 5.91 Å². The molecule has 0 spiro atoms. The molecule has 1 heterocycles. The highest BCUT2D eigenvalue weighted by atomic mass is 35.5. The SMILES string of the molecule is CCC(C)C(N)C(=O)NCC(c1c(F)cccc1Cl)N1CCOC(C)C1.Cl. The molecule has 1 aliphatic heterocycles. The molecule has 0 aliphatic carbocycles. The van der Waals surface area contributed by atoms with E-state index < -0.39 is 6.04 Å². The number of amides is 1. The fourth-order valence-corrected chi connectivity index (χ4v) is 3.49. The van der Waals surface area contributed by atoms with Crippen molar-refractivity contribution in [1.82, 2.24) is 10.2 Å². The third-order valence-corrected chi connectivity index (χ3v) is 5.41. The molecule has 0 bridgehead atoms. The Morgan fingerprint density at radius 1 is 1.52 bits per heavy atom. The number of hydrogen-bond acceptors (Lipinski definition) is 4. The monoisotopic (exact) mass is 421 g/mol. The summed E-state index contributed by atoms with van der Waals surface area (Å²) in [4.78, 5) is 14.5. The Kier molecular flexibility index (Phi) is 9.98. The van der Waals surface area contributed by atoms with Crippen molar-refractivity contribution in [3.63, 3.8) is 0 Å². The summed E-state index contributed by atoms with van der Waals surface area (Å²) in [5, 5.41) is 3.25. The lowest BCUT2D eigenvalue weighted by atomic mass is 9.98. The fourth-order valence-electron chi connectivity index (χ4n) is 3.20. The normalized spacial score (nSPS) is 21.0. The molecule has 0 saturated carbocycles. The molecule has 27 heavy (non-hydrogen) atoms. The molecule has 8 heteroatoms. The summed E-state index contributed by atoms with van der Waals surface area (Å²) >= 11 is 6.30. The molecule has 3 N–H and O–H groups in total. The van der Waals surface area contributed by atoms with Gasteiger partial charge in [-0.1, -0.05) is 37.9 Å². The highest BCUT2D eigenvalue weighted by Gasteiger charge is 2.30. The van der Waals surface area contributed by atoms with Gasteiger partial charge in [-0.25, -0.2) is 4.39 Å². The van der Waals surface area contributed by atoms with Crippen molar-refractivity contribution in [1.29, 1.82) is 0 Å². The molecule has 4 atom stereocenters. The Morgan fingerprint density at radius 3 is 2.81 bits per heavy atom. The number of nitrogens with two attached hydrogens (primary N) is 1. The van der Waals surface area contributed by atoms with Crippen molar-refractivity contribution >= 4 is 29.9 Å². The van der Waals surface area contributed by atoms with Gasteiger partial charge in [0.15, 0.2) is 0 Å². The molecule has 1 saturated heterocycles. The van der Waals surface area contributed by atoms with Gasteiger partial charge in [-0.05, 0) is 25.0 Å². The lowest BCUT2D eigenvalue weighted by molar-refractivity contribution is -0.123. The molecule has 1 aromatic rings. The van der Waals surface area contributed by atoms with Gasteiger partial charge in [-0.15, -0.1) is 12.4 Å². The van der Waals surface area contributed by atoms with Crippen LogP contribution in [0.5, 0.6) is 0 Å². The second-order valence-corrected chi connectivity index (χ2v) is 7.39. The van der Waals surface area contributed by atoms with Gasteiger partial charge in [0.05, 0.1) is 24.8 Å². The number of nitrogens with zero attached hydrogens (tertiary/aromatic N) is 1. The lowest BCUT2D eigenvalue weighted by Crippen LogP contribution is -2.50. The van der Waals surface area contributed by atoms with Crippen LogP contribution in [-0.4, -0.2) is 49.2 Å². The quantitative estimate of drug-likeness (QED) is 0.709. The molecule has 0 aromatic heterocycles.